The molecule has 1 aliphatic carbocycles. The first-order valence-corrected chi connectivity index (χ1v) is 10.6. The number of amides is 1. The van der Waals surface area contributed by atoms with Crippen LogP contribution in [0.2, 0.25) is 5.02 Å². The van der Waals surface area contributed by atoms with Gasteiger partial charge in [-0.2, -0.15) is 0 Å². The Bertz CT molecular complexity index is 1210. The van der Waals surface area contributed by atoms with Gasteiger partial charge in [0.05, 0.1) is 16.8 Å². The van der Waals surface area contributed by atoms with Crippen LogP contribution in [0.3, 0.4) is 0 Å². The first-order chi connectivity index (χ1) is 14.1. The average Bonchev–Trinajstić information content (AvgIpc) is 3.33. The van der Waals surface area contributed by atoms with E-state index >= 15 is 0 Å². The molecule has 0 radical (unpaired) electrons. The number of halogens is 1. The summed E-state index contributed by atoms with van der Waals surface area (Å²) in [5.41, 5.74) is 8.34. The van der Waals surface area contributed by atoms with Crippen LogP contribution in [0.15, 0.2) is 60.9 Å². The van der Waals surface area contributed by atoms with E-state index in [0.29, 0.717) is 21.6 Å². The fourth-order valence-electron chi connectivity index (χ4n) is 3.53. The van der Waals surface area contributed by atoms with Crippen molar-refractivity contribution in [2.45, 2.75) is 18.9 Å². The van der Waals surface area contributed by atoms with Crippen LogP contribution in [0.1, 0.15) is 34.2 Å². The summed E-state index contributed by atoms with van der Waals surface area (Å²) in [5.74, 6) is 0.383. The van der Waals surface area contributed by atoms with E-state index < -0.39 is 5.91 Å². The van der Waals surface area contributed by atoms with Crippen molar-refractivity contribution in [3.8, 4) is 16.3 Å². The molecule has 5 rings (SSSR count). The van der Waals surface area contributed by atoms with Gasteiger partial charge in [0.25, 0.3) is 5.91 Å². The molecule has 1 saturated carbocycles. The molecule has 7 heteroatoms. The lowest BCUT2D eigenvalue weighted by Crippen LogP contribution is -2.14. The second-order valence-electron chi connectivity index (χ2n) is 7.14. The lowest BCUT2D eigenvalue weighted by Gasteiger charge is -2.20. The van der Waals surface area contributed by atoms with Gasteiger partial charge in [0.15, 0.2) is 0 Å². The average molecular weight is 424 g/mol. The van der Waals surface area contributed by atoms with Crippen molar-refractivity contribution < 1.29 is 9.53 Å². The smallest absolute Gasteiger partial charge is 0.262 e. The summed E-state index contributed by atoms with van der Waals surface area (Å²) in [5, 5.41) is 0.669. The van der Waals surface area contributed by atoms with Crippen molar-refractivity contribution in [3.63, 3.8) is 0 Å². The van der Waals surface area contributed by atoms with Gasteiger partial charge in [0.1, 0.15) is 22.4 Å². The summed E-state index contributed by atoms with van der Waals surface area (Å²) in [6.45, 7) is 0. The number of carbonyl (C=O) groups is 1. The third kappa shape index (κ3) is 3.39. The number of imidazole rings is 1. The van der Waals surface area contributed by atoms with Crippen molar-refractivity contribution in [1.82, 2.24) is 9.38 Å². The van der Waals surface area contributed by atoms with Crippen LogP contribution in [0, 0.1) is 5.92 Å². The van der Waals surface area contributed by atoms with Crippen LogP contribution in [-0.2, 0) is 0 Å². The second-order valence-corrected chi connectivity index (χ2v) is 8.60. The van der Waals surface area contributed by atoms with Gasteiger partial charge in [-0.05, 0) is 31.0 Å². The number of ether oxygens (including phenoxy) is 1. The van der Waals surface area contributed by atoms with Crippen LogP contribution in [-0.4, -0.2) is 15.3 Å². The SMILES string of the molecule is NC(=O)c1sc(-c2cnc3ccccn23)cc1OC(c1ccccc1Cl)C1CC1. The molecule has 1 aromatic carbocycles. The van der Waals surface area contributed by atoms with Gasteiger partial charge >= 0.3 is 0 Å². The molecule has 1 fully saturated rings. The minimum Gasteiger partial charge on any atom is -0.484 e. The highest BCUT2D eigenvalue weighted by atomic mass is 35.5. The molecule has 4 aromatic rings. The maximum absolute atomic E-state index is 12.1. The number of primary amides is 1. The Morgan fingerprint density at radius 3 is 2.79 bits per heavy atom. The highest BCUT2D eigenvalue weighted by Crippen LogP contribution is 2.47. The first-order valence-electron chi connectivity index (χ1n) is 9.39. The Balaban J connectivity index is 1.56. The molecule has 146 valence electrons. The van der Waals surface area contributed by atoms with E-state index in [9.17, 15) is 4.79 Å². The zero-order valence-electron chi connectivity index (χ0n) is 15.4. The molecule has 1 aliphatic rings. The van der Waals surface area contributed by atoms with E-state index in [1.54, 1.807) is 6.20 Å². The van der Waals surface area contributed by atoms with Gasteiger partial charge in [0.2, 0.25) is 0 Å². The number of pyridine rings is 1. The van der Waals surface area contributed by atoms with Gasteiger partial charge < -0.3 is 10.5 Å². The van der Waals surface area contributed by atoms with Gasteiger partial charge in [-0.15, -0.1) is 11.3 Å². The van der Waals surface area contributed by atoms with Crippen molar-refractivity contribution in [2.75, 3.05) is 0 Å². The second kappa shape index (κ2) is 7.21. The van der Waals surface area contributed by atoms with Gasteiger partial charge in [-0.1, -0.05) is 35.9 Å². The van der Waals surface area contributed by atoms with Crippen molar-refractivity contribution >= 4 is 34.5 Å². The number of nitrogens with zero attached hydrogens (tertiary/aromatic N) is 2. The molecule has 0 spiro atoms. The number of aromatic nitrogens is 2. The molecule has 5 nitrogen and oxygen atoms in total. The number of nitrogens with two attached hydrogens (primary N) is 1. The highest BCUT2D eigenvalue weighted by Gasteiger charge is 2.36. The van der Waals surface area contributed by atoms with Gasteiger partial charge in [-0.25, -0.2) is 4.98 Å². The minimum absolute atomic E-state index is 0.202. The highest BCUT2D eigenvalue weighted by molar-refractivity contribution is 7.17. The predicted octanol–water partition coefficient (Wildman–Crippen LogP) is 5.35. The van der Waals surface area contributed by atoms with Gasteiger partial charge in [-0.3, -0.25) is 9.20 Å². The molecule has 0 bridgehead atoms. The largest absolute Gasteiger partial charge is 0.484 e. The minimum atomic E-state index is -0.501. The Morgan fingerprint density at radius 1 is 1.24 bits per heavy atom. The summed E-state index contributed by atoms with van der Waals surface area (Å²) in [7, 11) is 0. The molecule has 29 heavy (non-hydrogen) atoms. The summed E-state index contributed by atoms with van der Waals surface area (Å²) >= 11 is 7.75. The maximum Gasteiger partial charge on any atom is 0.262 e. The quantitative estimate of drug-likeness (QED) is 0.454. The lowest BCUT2D eigenvalue weighted by molar-refractivity contribution is 0.0995. The third-order valence-electron chi connectivity index (χ3n) is 5.11. The van der Waals surface area contributed by atoms with E-state index in [-0.39, 0.29) is 6.10 Å². The van der Waals surface area contributed by atoms with Crippen LogP contribution in [0.25, 0.3) is 16.2 Å². The normalized spacial score (nSPS) is 14.8. The number of carbonyl (C=O) groups excluding carboxylic acids is 1. The van der Waals surface area contributed by atoms with Crippen molar-refractivity contribution in [1.29, 1.82) is 0 Å². The van der Waals surface area contributed by atoms with E-state index in [1.165, 1.54) is 11.3 Å². The molecule has 1 unspecified atom stereocenters. The number of thiophene rings is 1. The fourth-order valence-corrected chi connectivity index (χ4v) is 4.72. The van der Waals surface area contributed by atoms with E-state index in [0.717, 1.165) is 34.6 Å². The fraction of sp³-hybridized carbons (Fsp3) is 0.182. The standard InChI is InChI=1S/C22H18ClN3O2S/c23-15-6-2-1-5-14(15)20(13-8-9-13)28-17-11-18(29-21(17)22(24)27)16-12-25-19-7-3-4-10-26(16)19/h1-7,10-13,20H,8-9H2,(H2,24,27). The monoisotopic (exact) mass is 423 g/mol. The van der Waals surface area contributed by atoms with Crippen molar-refractivity contribution in [2.24, 2.45) is 11.7 Å². The molecule has 2 N–H and O–H groups in total. The number of benzene rings is 1. The molecule has 1 amide bonds. The van der Waals surface area contributed by atoms with E-state index in [1.807, 2.05) is 59.1 Å². The molecule has 3 heterocycles. The topological polar surface area (TPSA) is 69.6 Å². The summed E-state index contributed by atoms with van der Waals surface area (Å²) in [6, 6.07) is 15.4. The summed E-state index contributed by atoms with van der Waals surface area (Å²) < 4.78 is 8.36. The Hall–Kier alpha value is -2.83. The summed E-state index contributed by atoms with van der Waals surface area (Å²) in [4.78, 5) is 17.9. The number of hydrogen-bond donors (Lipinski definition) is 1. The van der Waals surface area contributed by atoms with Crippen LogP contribution in [0.4, 0.5) is 0 Å². The summed E-state index contributed by atoms with van der Waals surface area (Å²) in [6.07, 6.45) is 5.69. The Kier molecular flexibility index (Phi) is 4.53. The van der Waals surface area contributed by atoms with E-state index in [4.69, 9.17) is 22.1 Å². The first kappa shape index (κ1) is 18.2. The zero-order valence-corrected chi connectivity index (χ0v) is 17.0. The molecule has 3 aromatic heterocycles. The predicted molar refractivity (Wildman–Crippen MR) is 115 cm³/mol. The number of fused-ring (bicyclic) bond motifs is 1. The van der Waals surface area contributed by atoms with E-state index in [2.05, 4.69) is 4.98 Å². The zero-order chi connectivity index (χ0) is 20.0. The van der Waals surface area contributed by atoms with Crippen LogP contribution >= 0.6 is 22.9 Å². The lowest BCUT2D eigenvalue weighted by atomic mass is 10.1. The molecular weight excluding hydrogens is 406 g/mol. The number of rotatable bonds is 6. The molecule has 0 saturated heterocycles. The number of hydrogen-bond acceptors (Lipinski definition) is 4. The van der Waals surface area contributed by atoms with Gasteiger partial charge in [0, 0.05) is 28.8 Å². The Morgan fingerprint density at radius 2 is 2.03 bits per heavy atom. The molecule has 0 aliphatic heterocycles. The molecular formula is C22H18ClN3O2S. The van der Waals surface area contributed by atoms with Crippen LogP contribution < -0.4 is 10.5 Å². The van der Waals surface area contributed by atoms with Crippen molar-refractivity contribution in [3.05, 3.63) is 76.4 Å². The third-order valence-corrected chi connectivity index (χ3v) is 6.60. The van der Waals surface area contributed by atoms with Crippen LogP contribution in [0.5, 0.6) is 5.75 Å². The Labute approximate surface area is 176 Å². The maximum atomic E-state index is 12.1. The molecule has 1 atom stereocenters.